The first-order valence-electron chi connectivity index (χ1n) is 9.85. The third kappa shape index (κ3) is 3.25. The van der Waals surface area contributed by atoms with Gasteiger partial charge >= 0.3 is 6.03 Å². The fourth-order valence-corrected chi connectivity index (χ4v) is 4.26. The molecule has 1 aliphatic rings. The standard InChI is InChI=1S/C25H20ClN3O/c26-20-12-5-6-13-21(20)27-25(30)29-17-19-11-4-7-14-22(19)28-16-8-15-23(28)24(29)18-9-2-1-3-10-18/h1-16,24H,17H2,(H,27,30)/t24-/m1/s1. The van der Waals surface area contributed by atoms with Crippen molar-refractivity contribution in [2.45, 2.75) is 12.6 Å². The monoisotopic (exact) mass is 413 g/mol. The van der Waals surface area contributed by atoms with E-state index < -0.39 is 0 Å². The van der Waals surface area contributed by atoms with Gasteiger partial charge in [-0.25, -0.2) is 4.79 Å². The van der Waals surface area contributed by atoms with E-state index in [2.05, 4.69) is 46.4 Å². The number of nitrogens with one attached hydrogen (secondary N) is 1. The van der Waals surface area contributed by atoms with Crippen LogP contribution in [0.2, 0.25) is 5.02 Å². The van der Waals surface area contributed by atoms with Crippen LogP contribution in [0.1, 0.15) is 22.9 Å². The van der Waals surface area contributed by atoms with Crippen LogP contribution in [0.4, 0.5) is 10.5 Å². The number of nitrogens with zero attached hydrogens (tertiary/aromatic N) is 2. The molecule has 0 saturated heterocycles. The number of amides is 2. The molecule has 2 heterocycles. The summed E-state index contributed by atoms with van der Waals surface area (Å²) < 4.78 is 2.18. The number of para-hydroxylation sites is 2. The zero-order valence-corrected chi connectivity index (χ0v) is 17.0. The molecule has 0 fully saturated rings. The molecule has 0 saturated carbocycles. The highest BCUT2D eigenvalue weighted by molar-refractivity contribution is 6.33. The molecule has 4 aromatic rings. The number of halogens is 1. The zero-order valence-electron chi connectivity index (χ0n) is 16.2. The van der Waals surface area contributed by atoms with Gasteiger partial charge in [0, 0.05) is 11.9 Å². The Morgan fingerprint density at radius 2 is 1.60 bits per heavy atom. The SMILES string of the molecule is O=C(Nc1ccccc1Cl)N1Cc2ccccc2-n2cccc2[C@H]1c1ccccc1. The van der Waals surface area contributed by atoms with E-state index in [1.165, 1.54) is 0 Å². The van der Waals surface area contributed by atoms with E-state index in [1.54, 1.807) is 6.07 Å². The minimum absolute atomic E-state index is 0.193. The number of hydrogen-bond acceptors (Lipinski definition) is 1. The molecular formula is C25H20ClN3O. The topological polar surface area (TPSA) is 37.3 Å². The lowest BCUT2D eigenvalue weighted by Gasteiger charge is -2.31. The molecule has 0 spiro atoms. The number of hydrogen-bond donors (Lipinski definition) is 1. The zero-order chi connectivity index (χ0) is 20.5. The molecule has 30 heavy (non-hydrogen) atoms. The summed E-state index contributed by atoms with van der Waals surface area (Å²) in [5.74, 6) is 0. The highest BCUT2D eigenvalue weighted by Gasteiger charge is 2.33. The first-order valence-corrected chi connectivity index (χ1v) is 10.2. The summed E-state index contributed by atoms with van der Waals surface area (Å²) in [6, 6.07) is 29.3. The molecule has 1 aromatic heterocycles. The van der Waals surface area contributed by atoms with Gasteiger partial charge in [-0.2, -0.15) is 0 Å². The number of anilines is 1. The van der Waals surface area contributed by atoms with E-state index in [9.17, 15) is 4.79 Å². The predicted octanol–water partition coefficient (Wildman–Crippen LogP) is 6.27. The van der Waals surface area contributed by atoms with Gasteiger partial charge in [-0.05, 0) is 41.5 Å². The molecule has 0 bridgehead atoms. The van der Waals surface area contributed by atoms with Gasteiger partial charge in [0.2, 0.25) is 0 Å². The fraction of sp³-hybridized carbons (Fsp3) is 0.0800. The quantitative estimate of drug-likeness (QED) is 0.413. The van der Waals surface area contributed by atoms with Crippen molar-refractivity contribution in [2.24, 2.45) is 0 Å². The summed E-state index contributed by atoms with van der Waals surface area (Å²) in [4.78, 5) is 15.4. The minimum Gasteiger partial charge on any atom is -0.318 e. The van der Waals surface area contributed by atoms with Crippen LogP contribution in [0.15, 0.2) is 97.2 Å². The van der Waals surface area contributed by atoms with Gasteiger partial charge in [0.25, 0.3) is 0 Å². The Labute approximate surface area is 180 Å². The summed E-state index contributed by atoms with van der Waals surface area (Å²) >= 11 is 6.30. The van der Waals surface area contributed by atoms with Crippen LogP contribution in [0, 0.1) is 0 Å². The normalized spacial score (nSPS) is 15.1. The van der Waals surface area contributed by atoms with Gasteiger partial charge in [-0.15, -0.1) is 0 Å². The highest BCUT2D eigenvalue weighted by atomic mass is 35.5. The van der Waals surface area contributed by atoms with Gasteiger partial charge in [-0.3, -0.25) is 0 Å². The molecule has 148 valence electrons. The second-order valence-electron chi connectivity index (χ2n) is 7.28. The van der Waals surface area contributed by atoms with Crippen LogP contribution in [0.3, 0.4) is 0 Å². The largest absolute Gasteiger partial charge is 0.323 e. The van der Waals surface area contributed by atoms with Crippen LogP contribution >= 0.6 is 11.6 Å². The Bertz CT molecular complexity index is 1200. The second-order valence-corrected chi connectivity index (χ2v) is 7.69. The lowest BCUT2D eigenvalue weighted by atomic mass is 10.0. The van der Waals surface area contributed by atoms with Crippen LogP contribution < -0.4 is 5.32 Å². The van der Waals surface area contributed by atoms with Gasteiger partial charge in [-0.1, -0.05) is 72.3 Å². The number of benzene rings is 3. The van der Waals surface area contributed by atoms with E-state index in [1.807, 2.05) is 59.5 Å². The Hall–Kier alpha value is -3.50. The van der Waals surface area contributed by atoms with Gasteiger partial charge in [0.15, 0.2) is 0 Å². The van der Waals surface area contributed by atoms with E-state index in [4.69, 9.17) is 11.6 Å². The Kier molecular flexibility index (Phi) is 4.77. The molecular weight excluding hydrogens is 394 g/mol. The van der Waals surface area contributed by atoms with Gasteiger partial charge in [0.1, 0.15) is 0 Å². The van der Waals surface area contributed by atoms with E-state index in [0.29, 0.717) is 17.3 Å². The number of aromatic nitrogens is 1. The maximum atomic E-state index is 13.5. The number of fused-ring (bicyclic) bond motifs is 3. The van der Waals surface area contributed by atoms with Crippen molar-refractivity contribution in [3.63, 3.8) is 0 Å². The summed E-state index contributed by atoms with van der Waals surface area (Å²) in [7, 11) is 0. The molecule has 2 amide bonds. The molecule has 3 aromatic carbocycles. The molecule has 1 atom stereocenters. The number of carbonyl (C=O) groups is 1. The van der Waals surface area contributed by atoms with E-state index in [0.717, 1.165) is 22.5 Å². The Morgan fingerprint density at radius 3 is 2.43 bits per heavy atom. The smallest absolute Gasteiger partial charge is 0.318 e. The maximum absolute atomic E-state index is 13.5. The lowest BCUT2D eigenvalue weighted by molar-refractivity contribution is 0.194. The van der Waals surface area contributed by atoms with E-state index in [-0.39, 0.29) is 12.1 Å². The lowest BCUT2D eigenvalue weighted by Crippen LogP contribution is -2.38. The summed E-state index contributed by atoms with van der Waals surface area (Å²) in [6.07, 6.45) is 2.06. The summed E-state index contributed by atoms with van der Waals surface area (Å²) in [6.45, 7) is 0.480. The summed E-state index contributed by atoms with van der Waals surface area (Å²) in [5, 5.41) is 3.52. The average molecular weight is 414 g/mol. The van der Waals surface area contributed by atoms with Crippen LogP contribution in [-0.2, 0) is 6.54 Å². The highest BCUT2D eigenvalue weighted by Crippen LogP contribution is 2.37. The van der Waals surface area contributed by atoms with Crippen molar-refractivity contribution < 1.29 is 4.79 Å². The molecule has 5 heteroatoms. The minimum atomic E-state index is -0.240. The second kappa shape index (κ2) is 7.73. The van der Waals surface area contributed by atoms with Crippen molar-refractivity contribution >= 4 is 23.3 Å². The third-order valence-electron chi connectivity index (χ3n) is 5.46. The third-order valence-corrected chi connectivity index (χ3v) is 5.79. The van der Waals surface area contributed by atoms with Crippen molar-refractivity contribution in [1.29, 1.82) is 0 Å². The molecule has 0 radical (unpaired) electrons. The first kappa shape index (κ1) is 18.5. The average Bonchev–Trinajstić information content (AvgIpc) is 3.20. The van der Waals surface area contributed by atoms with Crippen molar-refractivity contribution in [1.82, 2.24) is 9.47 Å². The summed E-state index contributed by atoms with van der Waals surface area (Å²) in [5.41, 5.74) is 4.87. The molecule has 4 nitrogen and oxygen atoms in total. The predicted molar refractivity (Wildman–Crippen MR) is 120 cm³/mol. The Balaban J connectivity index is 1.64. The van der Waals surface area contributed by atoms with Crippen LogP contribution in [-0.4, -0.2) is 15.5 Å². The number of rotatable bonds is 2. The molecule has 1 N–H and O–H groups in total. The number of urea groups is 1. The first-order chi connectivity index (χ1) is 14.7. The van der Waals surface area contributed by atoms with Crippen molar-refractivity contribution in [2.75, 3.05) is 5.32 Å². The van der Waals surface area contributed by atoms with E-state index >= 15 is 0 Å². The molecule has 0 unspecified atom stereocenters. The molecule has 1 aliphatic heterocycles. The molecule has 5 rings (SSSR count). The Morgan fingerprint density at radius 1 is 0.867 bits per heavy atom. The van der Waals surface area contributed by atoms with Crippen LogP contribution in [0.5, 0.6) is 0 Å². The van der Waals surface area contributed by atoms with Gasteiger partial charge < -0.3 is 14.8 Å². The van der Waals surface area contributed by atoms with Crippen molar-refractivity contribution in [3.8, 4) is 5.69 Å². The van der Waals surface area contributed by atoms with Crippen LogP contribution in [0.25, 0.3) is 5.69 Å². The number of carbonyl (C=O) groups excluding carboxylic acids is 1. The molecule has 0 aliphatic carbocycles. The van der Waals surface area contributed by atoms with Crippen molar-refractivity contribution in [3.05, 3.63) is 119 Å². The van der Waals surface area contributed by atoms with Gasteiger partial charge in [0.05, 0.1) is 29.0 Å². The maximum Gasteiger partial charge on any atom is 0.323 e. The fourth-order valence-electron chi connectivity index (χ4n) is 4.08.